The Bertz CT molecular complexity index is 177. The van der Waals surface area contributed by atoms with Crippen molar-refractivity contribution >= 4 is 5.97 Å². The first-order valence-electron chi connectivity index (χ1n) is 3.82. The Morgan fingerprint density at radius 2 is 2.18 bits per heavy atom. The molecule has 0 amide bonds. The van der Waals surface area contributed by atoms with Crippen LogP contribution in [0.1, 0.15) is 19.3 Å². The topological polar surface area (TPSA) is 63.3 Å². The van der Waals surface area contributed by atoms with Crippen LogP contribution in [0.5, 0.6) is 0 Å². The molecule has 0 fully saturated rings. The summed E-state index contributed by atoms with van der Waals surface area (Å²) in [6.45, 7) is 0. The highest BCUT2D eigenvalue weighted by Gasteiger charge is 2.20. The third-order valence-corrected chi connectivity index (χ3v) is 2.06. The smallest absolute Gasteiger partial charge is 0.303 e. The van der Waals surface area contributed by atoms with Crippen LogP contribution in [0.2, 0.25) is 0 Å². The van der Waals surface area contributed by atoms with Crippen LogP contribution < -0.4 is 5.73 Å². The summed E-state index contributed by atoms with van der Waals surface area (Å²) in [6, 6.07) is 0.0381. The van der Waals surface area contributed by atoms with Gasteiger partial charge in [0.2, 0.25) is 0 Å². The van der Waals surface area contributed by atoms with Crippen LogP contribution in [0.15, 0.2) is 12.2 Å². The summed E-state index contributed by atoms with van der Waals surface area (Å²) in [5.41, 5.74) is 5.71. The second-order valence-electron chi connectivity index (χ2n) is 2.96. The van der Waals surface area contributed by atoms with Crippen molar-refractivity contribution in [2.45, 2.75) is 25.3 Å². The standard InChI is InChI=1S/C8H13NO2/c9-7-4-2-1-3-6(7)5-8(10)11/h1-2,6-7H,3-5,9H2,(H,10,11)/t6-,7-/m0/s1. The maximum atomic E-state index is 10.3. The molecule has 0 bridgehead atoms. The number of carbonyl (C=O) groups is 1. The predicted octanol–water partition coefficient (Wildman–Crippen LogP) is 0.755. The fraction of sp³-hybridized carbons (Fsp3) is 0.625. The first-order chi connectivity index (χ1) is 5.20. The van der Waals surface area contributed by atoms with Crippen molar-refractivity contribution in [1.82, 2.24) is 0 Å². The number of carboxylic acid groups (broad SMARTS) is 1. The molecule has 0 aromatic heterocycles. The van der Waals surface area contributed by atoms with Crippen LogP contribution in [-0.4, -0.2) is 17.1 Å². The molecule has 0 unspecified atom stereocenters. The van der Waals surface area contributed by atoms with Gasteiger partial charge in [-0.15, -0.1) is 0 Å². The fourth-order valence-corrected chi connectivity index (χ4v) is 1.35. The molecule has 1 rings (SSSR count). The third-order valence-electron chi connectivity index (χ3n) is 2.06. The molecule has 0 aliphatic heterocycles. The van der Waals surface area contributed by atoms with Crippen LogP contribution >= 0.6 is 0 Å². The molecular weight excluding hydrogens is 142 g/mol. The fourth-order valence-electron chi connectivity index (χ4n) is 1.35. The summed E-state index contributed by atoms with van der Waals surface area (Å²) < 4.78 is 0. The van der Waals surface area contributed by atoms with Crippen LogP contribution in [0, 0.1) is 5.92 Å². The van der Waals surface area contributed by atoms with E-state index in [1.54, 1.807) is 0 Å². The zero-order valence-corrected chi connectivity index (χ0v) is 6.36. The summed E-state index contributed by atoms with van der Waals surface area (Å²) in [4.78, 5) is 10.3. The molecule has 0 saturated carbocycles. The number of hydrogen-bond donors (Lipinski definition) is 2. The minimum Gasteiger partial charge on any atom is -0.481 e. The molecule has 3 N–H and O–H groups in total. The largest absolute Gasteiger partial charge is 0.481 e. The van der Waals surface area contributed by atoms with E-state index in [9.17, 15) is 4.79 Å². The summed E-state index contributed by atoms with van der Waals surface area (Å²) >= 11 is 0. The molecular formula is C8H13NO2. The van der Waals surface area contributed by atoms with Gasteiger partial charge in [0.15, 0.2) is 0 Å². The molecule has 1 aliphatic carbocycles. The molecule has 11 heavy (non-hydrogen) atoms. The molecule has 62 valence electrons. The van der Waals surface area contributed by atoms with E-state index >= 15 is 0 Å². The van der Waals surface area contributed by atoms with E-state index in [1.807, 2.05) is 12.2 Å². The molecule has 0 aromatic rings. The van der Waals surface area contributed by atoms with E-state index in [-0.39, 0.29) is 18.4 Å². The van der Waals surface area contributed by atoms with E-state index < -0.39 is 5.97 Å². The van der Waals surface area contributed by atoms with Crippen molar-refractivity contribution in [2.75, 3.05) is 0 Å². The molecule has 3 heteroatoms. The first kappa shape index (κ1) is 8.27. The second kappa shape index (κ2) is 3.53. The molecule has 0 saturated heterocycles. The molecule has 0 spiro atoms. The molecule has 3 nitrogen and oxygen atoms in total. The van der Waals surface area contributed by atoms with Gasteiger partial charge in [-0.2, -0.15) is 0 Å². The van der Waals surface area contributed by atoms with E-state index in [0.717, 1.165) is 12.8 Å². The number of hydrogen-bond acceptors (Lipinski definition) is 2. The highest BCUT2D eigenvalue weighted by Crippen LogP contribution is 2.20. The summed E-state index contributed by atoms with van der Waals surface area (Å²) in [5, 5.41) is 8.50. The van der Waals surface area contributed by atoms with Gasteiger partial charge < -0.3 is 10.8 Å². The van der Waals surface area contributed by atoms with Gasteiger partial charge in [-0.1, -0.05) is 12.2 Å². The van der Waals surface area contributed by atoms with Gasteiger partial charge in [0.1, 0.15) is 0 Å². The van der Waals surface area contributed by atoms with Crippen molar-refractivity contribution in [3.05, 3.63) is 12.2 Å². The van der Waals surface area contributed by atoms with Crippen molar-refractivity contribution in [3.63, 3.8) is 0 Å². The zero-order valence-electron chi connectivity index (χ0n) is 6.36. The monoisotopic (exact) mass is 155 g/mol. The minimum atomic E-state index is -0.749. The van der Waals surface area contributed by atoms with Gasteiger partial charge in [-0.05, 0) is 18.8 Å². The highest BCUT2D eigenvalue weighted by molar-refractivity contribution is 5.67. The van der Waals surface area contributed by atoms with Crippen LogP contribution in [0.3, 0.4) is 0 Å². The van der Waals surface area contributed by atoms with Crippen molar-refractivity contribution in [1.29, 1.82) is 0 Å². The van der Waals surface area contributed by atoms with Gasteiger partial charge in [0, 0.05) is 12.5 Å². The van der Waals surface area contributed by atoms with Crippen LogP contribution in [-0.2, 0) is 4.79 Å². The van der Waals surface area contributed by atoms with E-state index in [4.69, 9.17) is 10.8 Å². The second-order valence-corrected chi connectivity index (χ2v) is 2.96. The van der Waals surface area contributed by atoms with Gasteiger partial charge in [-0.25, -0.2) is 0 Å². The lowest BCUT2D eigenvalue weighted by molar-refractivity contribution is -0.138. The molecule has 2 atom stereocenters. The maximum absolute atomic E-state index is 10.3. The first-order valence-corrected chi connectivity index (χ1v) is 3.82. The van der Waals surface area contributed by atoms with Crippen LogP contribution in [0.25, 0.3) is 0 Å². The zero-order chi connectivity index (χ0) is 8.27. The number of aliphatic carboxylic acids is 1. The van der Waals surface area contributed by atoms with Crippen molar-refractivity contribution in [2.24, 2.45) is 11.7 Å². The van der Waals surface area contributed by atoms with Crippen LogP contribution in [0.4, 0.5) is 0 Å². The molecule has 0 aromatic carbocycles. The summed E-state index contributed by atoms with van der Waals surface area (Å²) in [5.74, 6) is -0.613. The van der Waals surface area contributed by atoms with E-state index in [1.165, 1.54) is 0 Å². The number of rotatable bonds is 2. The Morgan fingerprint density at radius 3 is 2.73 bits per heavy atom. The lowest BCUT2D eigenvalue weighted by Crippen LogP contribution is -2.32. The normalized spacial score (nSPS) is 30.3. The summed E-state index contributed by atoms with van der Waals surface area (Å²) in [7, 11) is 0. The van der Waals surface area contributed by atoms with Gasteiger partial charge in [-0.3, -0.25) is 4.79 Å². The number of nitrogens with two attached hydrogens (primary N) is 1. The van der Waals surface area contributed by atoms with E-state index in [2.05, 4.69) is 0 Å². The SMILES string of the molecule is N[C@H]1CC=CC[C@H]1CC(=O)O. The Morgan fingerprint density at radius 1 is 1.55 bits per heavy atom. The average molecular weight is 155 g/mol. The minimum absolute atomic E-state index is 0.0381. The predicted molar refractivity (Wildman–Crippen MR) is 42.1 cm³/mol. The molecule has 0 heterocycles. The number of carboxylic acids is 1. The highest BCUT2D eigenvalue weighted by atomic mass is 16.4. The Kier molecular flexibility index (Phi) is 2.65. The maximum Gasteiger partial charge on any atom is 0.303 e. The summed E-state index contributed by atoms with van der Waals surface area (Å²) in [6.07, 6.45) is 5.86. The lowest BCUT2D eigenvalue weighted by Gasteiger charge is -2.22. The Labute approximate surface area is 65.9 Å². The quantitative estimate of drug-likeness (QED) is 0.578. The third kappa shape index (κ3) is 2.35. The average Bonchev–Trinajstić information content (AvgIpc) is 1.93. The molecule has 1 aliphatic rings. The van der Waals surface area contributed by atoms with Gasteiger partial charge >= 0.3 is 5.97 Å². The van der Waals surface area contributed by atoms with Gasteiger partial charge in [0.05, 0.1) is 0 Å². The van der Waals surface area contributed by atoms with E-state index in [0.29, 0.717) is 0 Å². The van der Waals surface area contributed by atoms with Crippen molar-refractivity contribution < 1.29 is 9.90 Å². The molecule has 0 radical (unpaired) electrons. The van der Waals surface area contributed by atoms with Gasteiger partial charge in [0.25, 0.3) is 0 Å². The Balaban J connectivity index is 2.44. The number of allylic oxidation sites excluding steroid dienone is 1. The lowest BCUT2D eigenvalue weighted by atomic mass is 9.87. The Hall–Kier alpha value is -0.830. The van der Waals surface area contributed by atoms with Crippen molar-refractivity contribution in [3.8, 4) is 0 Å².